The minimum Gasteiger partial charge on any atom is -0.324 e. The van der Waals surface area contributed by atoms with Crippen LogP contribution in [-0.2, 0) is 14.1 Å². The highest BCUT2D eigenvalue weighted by Crippen LogP contribution is 2.33. The number of imidazole rings is 1. The maximum atomic E-state index is 12.0. The van der Waals surface area contributed by atoms with Crippen LogP contribution in [0.1, 0.15) is 37.9 Å². The Bertz CT molecular complexity index is 686. The molecule has 0 aliphatic heterocycles. The Morgan fingerprint density at radius 2 is 1.58 bits per heavy atom. The molecule has 2 aromatic rings. The van der Waals surface area contributed by atoms with Gasteiger partial charge in [-0.05, 0) is 35.6 Å². The second-order valence-corrected chi connectivity index (χ2v) is 6.44. The van der Waals surface area contributed by atoms with Crippen LogP contribution < -0.4 is 11.4 Å². The summed E-state index contributed by atoms with van der Waals surface area (Å²) in [7, 11) is 3.60. The highest BCUT2D eigenvalue weighted by atomic mass is 16.1. The van der Waals surface area contributed by atoms with Crippen LogP contribution in [-0.4, -0.2) is 9.13 Å². The van der Waals surface area contributed by atoms with Gasteiger partial charge in [-0.3, -0.25) is 9.13 Å². The van der Waals surface area contributed by atoms with Crippen LogP contribution in [0.15, 0.2) is 16.9 Å². The predicted octanol–water partition coefficient (Wildman–Crippen LogP) is 2.23. The second kappa shape index (κ2) is 4.23. The minimum atomic E-state index is -0.0489. The molecule has 2 rings (SSSR count). The minimum absolute atomic E-state index is 0.00381. The third-order valence-corrected chi connectivity index (χ3v) is 3.93. The maximum Gasteiger partial charge on any atom is 0.328 e. The fourth-order valence-corrected chi connectivity index (χ4v) is 2.47. The van der Waals surface area contributed by atoms with Crippen LogP contribution in [0.3, 0.4) is 0 Å². The Labute approximate surface area is 113 Å². The van der Waals surface area contributed by atoms with E-state index in [4.69, 9.17) is 5.73 Å². The Kier molecular flexibility index (Phi) is 3.09. The summed E-state index contributed by atoms with van der Waals surface area (Å²) in [6.07, 6.45) is 0. The van der Waals surface area contributed by atoms with E-state index in [1.54, 1.807) is 23.2 Å². The molecule has 0 bridgehead atoms. The first kappa shape index (κ1) is 13.9. The number of nitrogens with two attached hydrogens (primary N) is 1. The quantitative estimate of drug-likeness (QED) is 0.856. The van der Waals surface area contributed by atoms with Crippen molar-refractivity contribution in [2.45, 2.75) is 33.7 Å². The summed E-state index contributed by atoms with van der Waals surface area (Å²) < 4.78 is 3.35. The summed E-state index contributed by atoms with van der Waals surface area (Å²) in [4.78, 5) is 12.0. The summed E-state index contributed by atoms with van der Waals surface area (Å²) in [6.45, 7) is 8.44. The zero-order valence-electron chi connectivity index (χ0n) is 12.6. The van der Waals surface area contributed by atoms with Crippen molar-refractivity contribution in [1.29, 1.82) is 0 Å². The van der Waals surface area contributed by atoms with E-state index in [1.165, 1.54) is 0 Å². The molecule has 0 aliphatic rings. The molecule has 1 unspecified atom stereocenters. The predicted molar refractivity (Wildman–Crippen MR) is 79.3 cm³/mol. The average Bonchev–Trinajstić information content (AvgIpc) is 2.52. The molecule has 1 aromatic carbocycles. The number of fused-ring (bicyclic) bond motifs is 1. The van der Waals surface area contributed by atoms with Crippen molar-refractivity contribution in [3.8, 4) is 0 Å². The molecule has 104 valence electrons. The normalized spacial score (nSPS) is 14.1. The van der Waals surface area contributed by atoms with Gasteiger partial charge >= 0.3 is 5.69 Å². The zero-order chi connectivity index (χ0) is 14.5. The second-order valence-electron chi connectivity index (χ2n) is 6.44. The van der Waals surface area contributed by atoms with Gasteiger partial charge in [-0.25, -0.2) is 4.79 Å². The number of hydrogen-bond acceptors (Lipinski definition) is 2. The van der Waals surface area contributed by atoms with E-state index in [0.717, 1.165) is 22.2 Å². The number of rotatable bonds is 1. The van der Waals surface area contributed by atoms with Gasteiger partial charge in [-0.15, -0.1) is 0 Å². The fraction of sp³-hybridized carbons (Fsp3) is 0.533. The summed E-state index contributed by atoms with van der Waals surface area (Å²) in [5, 5.41) is 0. The van der Waals surface area contributed by atoms with Crippen LogP contribution >= 0.6 is 0 Å². The fourth-order valence-electron chi connectivity index (χ4n) is 2.47. The van der Waals surface area contributed by atoms with Crippen LogP contribution in [0.2, 0.25) is 0 Å². The molecular formula is C15H23N3O. The van der Waals surface area contributed by atoms with Crippen molar-refractivity contribution in [3.05, 3.63) is 33.7 Å². The van der Waals surface area contributed by atoms with Gasteiger partial charge in [0.1, 0.15) is 0 Å². The summed E-state index contributed by atoms with van der Waals surface area (Å²) in [5.74, 6) is 0. The first-order valence-electron chi connectivity index (χ1n) is 6.56. The summed E-state index contributed by atoms with van der Waals surface area (Å²) in [5.41, 5.74) is 10.5. The standard InChI is InChI=1S/C15H23N3O/c1-9-7-11-12(18(6)14(19)17(11)5)8-10(9)13(16)15(2,3)4/h7-8,13H,16H2,1-6H3. The van der Waals surface area contributed by atoms with Crippen molar-refractivity contribution in [3.63, 3.8) is 0 Å². The Morgan fingerprint density at radius 1 is 1.11 bits per heavy atom. The lowest BCUT2D eigenvalue weighted by Gasteiger charge is -2.28. The highest BCUT2D eigenvalue weighted by Gasteiger charge is 2.24. The molecule has 0 fully saturated rings. The van der Waals surface area contributed by atoms with Gasteiger partial charge < -0.3 is 5.73 Å². The van der Waals surface area contributed by atoms with Crippen molar-refractivity contribution >= 4 is 11.0 Å². The lowest BCUT2D eigenvalue weighted by molar-refractivity contribution is 0.326. The lowest BCUT2D eigenvalue weighted by atomic mass is 9.81. The molecule has 0 saturated carbocycles. The summed E-state index contributed by atoms with van der Waals surface area (Å²) >= 11 is 0. The number of benzene rings is 1. The Morgan fingerprint density at radius 3 is 2.05 bits per heavy atom. The van der Waals surface area contributed by atoms with Gasteiger partial charge in [-0.1, -0.05) is 20.8 Å². The van der Waals surface area contributed by atoms with E-state index in [2.05, 4.69) is 39.8 Å². The molecule has 1 atom stereocenters. The van der Waals surface area contributed by atoms with E-state index in [0.29, 0.717) is 0 Å². The molecule has 0 radical (unpaired) electrons. The molecule has 4 nitrogen and oxygen atoms in total. The van der Waals surface area contributed by atoms with E-state index in [1.807, 2.05) is 0 Å². The van der Waals surface area contributed by atoms with Gasteiger partial charge in [0.15, 0.2) is 0 Å². The monoisotopic (exact) mass is 261 g/mol. The van der Waals surface area contributed by atoms with Crippen LogP contribution in [0.25, 0.3) is 11.0 Å². The molecular weight excluding hydrogens is 238 g/mol. The van der Waals surface area contributed by atoms with E-state index in [9.17, 15) is 4.79 Å². The Hall–Kier alpha value is -1.55. The lowest BCUT2D eigenvalue weighted by Crippen LogP contribution is -2.27. The van der Waals surface area contributed by atoms with Crippen LogP contribution in [0.5, 0.6) is 0 Å². The van der Waals surface area contributed by atoms with Gasteiger partial charge in [0.2, 0.25) is 0 Å². The number of aromatic nitrogens is 2. The van der Waals surface area contributed by atoms with Crippen LogP contribution in [0, 0.1) is 12.3 Å². The molecule has 2 N–H and O–H groups in total. The van der Waals surface area contributed by atoms with E-state index < -0.39 is 0 Å². The van der Waals surface area contributed by atoms with Gasteiger partial charge in [-0.2, -0.15) is 0 Å². The SMILES string of the molecule is Cc1cc2c(cc1C(N)C(C)(C)C)n(C)c(=O)n2C. The van der Waals surface area contributed by atoms with Crippen LogP contribution in [0.4, 0.5) is 0 Å². The molecule has 0 amide bonds. The van der Waals surface area contributed by atoms with Crippen molar-refractivity contribution in [2.24, 2.45) is 25.2 Å². The molecule has 1 aromatic heterocycles. The first-order chi connectivity index (χ1) is 8.64. The van der Waals surface area contributed by atoms with Gasteiger partial charge in [0, 0.05) is 20.1 Å². The average molecular weight is 261 g/mol. The van der Waals surface area contributed by atoms with Crippen molar-refractivity contribution < 1.29 is 0 Å². The van der Waals surface area contributed by atoms with E-state index >= 15 is 0 Å². The van der Waals surface area contributed by atoms with Crippen molar-refractivity contribution in [1.82, 2.24) is 9.13 Å². The topological polar surface area (TPSA) is 52.9 Å². The summed E-state index contributed by atoms with van der Waals surface area (Å²) in [6, 6.07) is 4.06. The molecule has 4 heteroatoms. The molecule has 1 heterocycles. The van der Waals surface area contributed by atoms with Gasteiger partial charge in [0.05, 0.1) is 11.0 Å². The zero-order valence-corrected chi connectivity index (χ0v) is 12.6. The third kappa shape index (κ3) is 2.10. The number of nitrogens with zero attached hydrogens (tertiary/aromatic N) is 2. The molecule has 0 aliphatic carbocycles. The molecule has 0 saturated heterocycles. The Balaban J connectivity index is 2.76. The number of hydrogen-bond donors (Lipinski definition) is 1. The highest BCUT2D eigenvalue weighted by molar-refractivity contribution is 5.78. The van der Waals surface area contributed by atoms with Crippen molar-refractivity contribution in [2.75, 3.05) is 0 Å². The maximum absolute atomic E-state index is 12.0. The first-order valence-corrected chi connectivity index (χ1v) is 6.56. The van der Waals surface area contributed by atoms with Gasteiger partial charge in [0.25, 0.3) is 0 Å². The number of aryl methyl sites for hydroxylation is 3. The molecule has 0 spiro atoms. The van der Waals surface area contributed by atoms with E-state index in [-0.39, 0.29) is 17.1 Å². The smallest absolute Gasteiger partial charge is 0.324 e. The largest absolute Gasteiger partial charge is 0.328 e. The molecule has 19 heavy (non-hydrogen) atoms. The third-order valence-electron chi connectivity index (χ3n) is 3.93.